The molecule has 3 aliphatic rings. The Morgan fingerprint density at radius 3 is 2.79 bits per heavy atom. The zero-order chi connectivity index (χ0) is 16.5. The van der Waals surface area contributed by atoms with Gasteiger partial charge in [-0.25, -0.2) is 0 Å². The van der Waals surface area contributed by atoms with Crippen LogP contribution in [0.3, 0.4) is 0 Å². The highest BCUT2D eigenvalue weighted by molar-refractivity contribution is 5.07. The van der Waals surface area contributed by atoms with E-state index in [-0.39, 0.29) is 0 Å². The summed E-state index contributed by atoms with van der Waals surface area (Å²) in [7, 11) is 2.21. The quantitative estimate of drug-likeness (QED) is 0.825. The highest BCUT2D eigenvalue weighted by atomic mass is 16.5. The zero-order valence-corrected chi connectivity index (χ0v) is 14.9. The van der Waals surface area contributed by atoms with E-state index in [9.17, 15) is 0 Å². The molecule has 0 amide bonds. The summed E-state index contributed by atoms with van der Waals surface area (Å²) in [6, 6.07) is 4.62. The molecule has 0 radical (unpaired) electrons. The molecule has 0 saturated carbocycles. The van der Waals surface area contributed by atoms with Crippen molar-refractivity contribution in [3.63, 3.8) is 0 Å². The minimum atomic E-state index is 0.313. The molecule has 4 rings (SSSR count). The predicted molar refractivity (Wildman–Crippen MR) is 91.9 cm³/mol. The lowest BCUT2D eigenvalue weighted by Gasteiger charge is -2.30. The molecule has 3 fully saturated rings. The Morgan fingerprint density at radius 1 is 1.21 bits per heavy atom. The molecule has 3 aliphatic heterocycles. The van der Waals surface area contributed by atoms with Gasteiger partial charge in [0.25, 0.3) is 0 Å². The van der Waals surface area contributed by atoms with Crippen LogP contribution in [0.5, 0.6) is 0 Å². The van der Waals surface area contributed by atoms with E-state index in [2.05, 4.69) is 22.9 Å². The van der Waals surface area contributed by atoms with E-state index in [4.69, 9.17) is 13.9 Å². The minimum Gasteiger partial charge on any atom is -0.465 e. The number of piperidine rings is 1. The molecule has 3 saturated heterocycles. The second kappa shape index (κ2) is 7.16. The Morgan fingerprint density at radius 2 is 2.04 bits per heavy atom. The number of likely N-dealkylation sites (tertiary alicyclic amines) is 2. The van der Waals surface area contributed by atoms with Crippen LogP contribution in [-0.4, -0.2) is 68.4 Å². The fourth-order valence-electron chi connectivity index (χ4n) is 4.41. The lowest BCUT2D eigenvalue weighted by molar-refractivity contribution is -0.00893. The molecule has 0 spiro atoms. The third-order valence-electron chi connectivity index (χ3n) is 5.99. The first-order valence-electron chi connectivity index (χ1n) is 9.36. The molecule has 1 aromatic heterocycles. The van der Waals surface area contributed by atoms with Gasteiger partial charge in [-0.3, -0.25) is 4.90 Å². The van der Waals surface area contributed by atoms with Gasteiger partial charge in [-0.2, -0.15) is 0 Å². The summed E-state index contributed by atoms with van der Waals surface area (Å²) in [5.41, 5.74) is 0. The first-order chi connectivity index (χ1) is 11.7. The number of hydrogen-bond donors (Lipinski definition) is 0. The molecular weight excluding hydrogens is 304 g/mol. The number of aryl methyl sites for hydroxylation is 1. The zero-order valence-electron chi connectivity index (χ0n) is 14.9. The molecule has 0 unspecified atom stereocenters. The summed E-state index contributed by atoms with van der Waals surface area (Å²) in [6.45, 7) is 8.87. The van der Waals surface area contributed by atoms with Crippen molar-refractivity contribution in [3.05, 3.63) is 23.7 Å². The van der Waals surface area contributed by atoms with Gasteiger partial charge in [-0.15, -0.1) is 0 Å². The Balaban J connectivity index is 1.32. The standard InChI is InChI=1S/C19H30N2O3/c1-14-3-4-16(24-14)9-21-10-19(17-12-22-13-18(17)21)23-11-15-5-7-20(2)8-6-15/h3-4,15,17-19H,5-13H2,1-2H3/t17-,18+,19-/m1/s1. The van der Waals surface area contributed by atoms with Crippen LogP contribution >= 0.6 is 0 Å². The normalized spacial score (nSPS) is 32.5. The molecule has 0 N–H and O–H groups in total. The van der Waals surface area contributed by atoms with Gasteiger partial charge in [-0.1, -0.05) is 0 Å². The van der Waals surface area contributed by atoms with E-state index in [1.807, 2.05) is 13.0 Å². The summed E-state index contributed by atoms with van der Waals surface area (Å²) in [6.07, 6.45) is 2.85. The summed E-state index contributed by atoms with van der Waals surface area (Å²) in [5.74, 6) is 3.28. The molecular formula is C19H30N2O3. The van der Waals surface area contributed by atoms with Gasteiger partial charge >= 0.3 is 0 Å². The van der Waals surface area contributed by atoms with Gasteiger partial charge in [0, 0.05) is 25.1 Å². The summed E-state index contributed by atoms with van der Waals surface area (Å²) in [4.78, 5) is 4.91. The second-order valence-electron chi connectivity index (χ2n) is 7.83. The molecule has 4 heterocycles. The highest BCUT2D eigenvalue weighted by Gasteiger charge is 2.46. The summed E-state index contributed by atoms with van der Waals surface area (Å²) < 4.78 is 17.9. The van der Waals surface area contributed by atoms with Crippen molar-refractivity contribution < 1.29 is 13.9 Å². The van der Waals surface area contributed by atoms with Crippen molar-refractivity contribution in [2.45, 2.75) is 38.5 Å². The van der Waals surface area contributed by atoms with Crippen molar-refractivity contribution in [2.24, 2.45) is 11.8 Å². The van der Waals surface area contributed by atoms with Gasteiger partial charge in [0.15, 0.2) is 0 Å². The van der Waals surface area contributed by atoms with Crippen LogP contribution in [-0.2, 0) is 16.0 Å². The predicted octanol–water partition coefficient (Wildman–Crippen LogP) is 2.15. The number of fused-ring (bicyclic) bond motifs is 1. The van der Waals surface area contributed by atoms with E-state index in [0.717, 1.165) is 50.3 Å². The summed E-state index contributed by atoms with van der Waals surface area (Å²) in [5, 5.41) is 0. The van der Waals surface area contributed by atoms with Gasteiger partial charge in [0.2, 0.25) is 0 Å². The Kier molecular flexibility index (Phi) is 4.95. The van der Waals surface area contributed by atoms with Crippen LogP contribution in [0.2, 0.25) is 0 Å². The third-order valence-corrected chi connectivity index (χ3v) is 5.99. The van der Waals surface area contributed by atoms with Crippen molar-refractivity contribution in [1.29, 1.82) is 0 Å². The average Bonchev–Trinajstić information content (AvgIpc) is 3.26. The SMILES string of the molecule is Cc1ccc(CN2C[C@@H](OCC3CCN(C)CC3)[C@@H]3COC[C@@H]32)o1. The van der Waals surface area contributed by atoms with Crippen LogP contribution in [0.4, 0.5) is 0 Å². The van der Waals surface area contributed by atoms with E-state index in [0.29, 0.717) is 18.1 Å². The topological polar surface area (TPSA) is 38.1 Å². The Labute approximate surface area is 144 Å². The lowest BCUT2D eigenvalue weighted by Crippen LogP contribution is -2.34. The molecule has 5 nitrogen and oxygen atoms in total. The maximum atomic E-state index is 6.39. The van der Waals surface area contributed by atoms with Crippen LogP contribution in [0, 0.1) is 18.8 Å². The Hall–Kier alpha value is -0.880. The number of nitrogens with zero attached hydrogens (tertiary/aromatic N) is 2. The van der Waals surface area contributed by atoms with Crippen molar-refractivity contribution in [3.8, 4) is 0 Å². The highest BCUT2D eigenvalue weighted by Crippen LogP contribution is 2.34. The largest absolute Gasteiger partial charge is 0.465 e. The van der Waals surface area contributed by atoms with E-state index >= 15 is 0 Å². The number of ether oxygens (including phenoxy) is 2. The van der Waals surface area contributed by atoms with Gasteiger partial charge < -0.3 is 18.8 Å². The van der Waals surface area contributed by atoms with Gasteiger partial charge in [0.05, 0.1) is 25.9 Å². The van der Waals surface area contributed by atoms with E-state index in [1.165, 1.54) is 25.9 Å². The number of furan rings is 1. The molecule has 0 aliphatic carbocycles. The molecule has 0 aromatic carbocycles. The molecule has 5 heteroatoms. The van der Waals surface area contributed by atoms with E-state index < -0.39 is 0 Å². The first kappa shape index (κ1) is 16.6. The molecule has 1 aromatic rings. The lowest BCUT2D eigenvalue weighted by atomic mass is 9.97. The maximum Gasteiger partial charge on any atom is 0.118 e. The van der Waals surface area contributed by atoms with Crippen LogP contribution < -0.4 is 0 Å². The molecule has 0 bridgehead atoms. The van der Waals surface area contributed by atoms with Crippen LogP contribution in [0.1, 0.15) is 24.4 Å². The molecule has 134 valence electrons. The average molecular weight is 334 g/mol. The first-order valence-corrected chi connectivity index (χ1v) is 9.36. The molecule has 24 heavy (non-hydrogen) atoms. The van der Waals surface area contributed by atoms with E-state index in [1.54, 1.807) is 0 Å². The minimum absolute atomic E-state index is 0.313. The number of rotatable bonds is 5. The monoisotopic (exact) mass is 334 g/mol. The fraction of sp³-hybridized carbons (Fsp3) is 0.789. The van der Waals surface area contributed by atoms with Gasteiger partial charge in [-0.05, 0) is 58.0 Å². The van der Waals surface area contributed by atoms with Crippen molar-refractivity contribution in [1.82, 2.24) is 9.80 Å². The van der Waals surface area contributed by atoms with Gasteiger partial charge in [0.1, 0.15) is 11.5 Å². The smallest absolute Gasteiger partial charge is 0.118 e. The Bertz CT molecular complexity index is 538. The number of hydrogen-bond acceptors (Lipinski definition) is 5. The fourth-order valence-corrected chi connectivity index (χ4v) is 4.41. The summed E-state index contributed by atoms with van der Waals surface area (Å²) >= 11 is 0. The maximum absolute atomic E-state index is 6.39. The van der Waals surface area contributed by atoms with Crippen molar-refractivity contribution >= 4 is 0 Å². The third kappa shape index (κ3) is 3.54. The van der Waals surface area contributed by atoms with Crippen molar-refractivity contribution in [2.75, 3.05) is 46.5 Å². The molecule has 3 atom stereocenters. The van der Waals surface area contributed by atoms with Crippen LogP contribution in [0.15, 0.2) is 16.5 Å². The second-order valence-corrected chi connectivity index (χ2v) is 7.83. The van der Waals surface area contributed by atoms with Crippen LogP contribution in [0.25, 0.3) is 0 Å².